The van der Waals surface area contributed by atoms with Crippen molar-refractivity contribution in [1.29, 1.82) is 0 Å². The van der Waals surface area contributed by atoms with Crippen LogP contribution in [-0.2, 0) is 19.1 Å². The predicted molar refractivity (Wildman–Crippen MR) is 107 cm³/mol. The summed E-state index contributed by atoms with van der Waals surface area (Å²) in [6.45, 7) is 7.67. The summed E-state index contributed by atoms with van der Waals surface area (Å²) in [4.78, 5) is 36.1. The monoisotopic (exact) mass is 404 g/mol. The van der Waals surface area contributed by atoms with Crippen molar-refractivity contribution < 1.29 is 23.5 Å². The molecule has 0 aliphatic heterocycles. The highest BCUT2D eigenvalue weighted by molar-refractivity contribution is 5.92. The van der Waals surface area contributed by atoms with Crippen LogP contribution in [0, 0.1) is 40.4 Å². The van der Waals surface area contributed by atoms with E-state index in [4.69, 9.17) is 4.74 Å². The van der Waals surface area contributed by atoms with Gasteiger partial charge in [0.1, 0.15) is 12.8 Å². The summed E-state index contributed by atoms with van der Waals surface area (Å²) in [5.74, 6) is 0.641. The maximum absolute atomic E-state index is 15.3. The zero-order valence-electron chi connectivity index (χ0n) is 18.0. The van der Waals surface area contributed by atoms with E-state index < -0.39 is 12.1 Å². The van der Waals surface area contributed by atoms with E-state index in [1.54, 1.807) is 6.08 Å². The number of rotatable bonds is 3. The number of fused-ring (bicyclic) bond motifs is 5. The van der Waals surface area contributed by atoms with Crippen LogP contribution in [0.5, 0.6) is 0 Å². The first-order valence-electron chi connectivity index (χ1n) is 11.1. The number of halogens is 1. The number of carbonyl (C=O) groups is 3. The third-order valence-corrected chi connectivity index (χ3v) is 9.05. The Kier molecular flexibility index (Phi) is 5.02. The Bertz CT molecular complexity index is 773. The van der Waals surface area contributed by atoms with Crippen molar-refractivity contribution in [2.24, 2.45) is 40.4 Å². The van der Waals surface area contributed by atoms with Crippen LogP contribution in [0.4, 0.5) is 4.39 Å². The Hall–Kier alpha value is -1.52. The van der Waals surface area contributed by atoms with Crippen LogP contribution in [0.1, 0.15) is 66.2 Å². The Morgan fingerprint density at radius 2 is 1.93 bits per heavy atom. The van der Waals surface area contributed by atoms with Gasteiger partial charge in [-0.05, 0) is 78.3 Å². The third-order valence-electron chi connectivity index (χ3n) is 9.05. The SMILES string of the molecule is CC(=O)OCC(=O)[C@H]1[C@H](C)C[C@H]2[C@@H]3C[C@@H](F)C4=CC(=O)CC[C@]4(C)[C@H]3CC[C@@]21C. The number of ketones is 2. The van der Waals surface area contributed by atoms with Crippen molar-refractivity contribution in [2.45, 2.75) is 72.4 Å². The van der Waals surface area contributed by atoms with Gasteiger partial charge in [-0.1, -0.05) is 20.8 Å². The number of carbonyl (C=O) groups excluding carboxylic acids is 3. The van der Waals surface area contributed by atoms with Gasteiger partial charge < -0.3 is 4.74 Å². The van der Waals surface area contributed by atoms with Crippen molar-refractivity contribution in [1.82, 2.24) is 0 Å². The van der Waals surface area contributed by atoms with Gasteiger partial charge in [0.2, 0.25) is 0 Å². The Balaban J connectivity index is 1.63. The van der Waals surface area contributed by atoms with Crippen LogP contribution in [0.25, 0.3) is 0 Å². The highest BCUT2D eigenvalue weighted by atomic mass is 19.1. The number of hydrogen-bond acceptors (Lipinski definition) is 4. The molecule has 0 N–H and O–H groups in total. The lowest BCUT2D eigenvalue weighted by Crippen LogP contribution is -2.53. The van der Waals surface area contributed by atoms with Gasteiger partial charge in [-0.2, -0.15) is 0 Å². The van der Waals surface area contributed by atoms with Gasteiger partial charge in [-0.25, -0.2) is 4.39 Å². The minimum Gasteiger partial charge on any atom is -0.458 e. The van der Waals surface area contributed by atoms with E-state index in [1.807, 2.05) is 0 Å². The molecule has 8 atom stereocenters. The minimum atomic E-state index is -1.06. The lowest BCUT2D eigenvalue weighted by atomic mass is 9.46. The molecule has 0 heterocycles. The smallest absolute Gasteiger partial charge is 0.303 e. The molecule has 4 rings (SSSR count). The zero-order valence-corrected chi connectivity index (χ0v) is 18.0. The molecule has 0 spiro atoms. The number of ether oxygens (including phenoxy) is 1. The molecular weight excluding hydrogens is 371 g/mol. The summed E-state index contributed by atoms with van der Waals surface area (Å²) in [7, 11) is 0. The molecule has 4 nitrogen and oxygen atoms in total. The zero-order chi connectivity index (χ0) is 21.1. The molecule has 4 aliphatic carbocycles. The fourth-order valence-electron chi connectivity index (χ4n) is 7.87. The summed E-state index contributed by atoms with van der Waals surface area (Å²) in [5, 5.41) is 0. The van der Waals surface area contributed by atoms with E-state index in [0.29, 0.717) is 24.7 Å². The van der Waals surface area contributed by atoms with Gasteiger partial charge in [-0.15, -0.1) is 0 Å². The summed E-state index contributed by atoms with van der Waals surface area (Å²) in [6.07, 6.45) is 5.10. The molecule has 0 aromatic carbocycles. The van der Waals surface area contributed by atoms with Gasteiger partial charge in [-0.3, -0.25) is 14.4 Å². The second kappa shape index (κ2) is 7.02. The Labute approximate surface area is 172 Å². The molecule has 5 heteroatoms. The number of allylic oxidation sites excluding steroid dienone is 1. The van der Waals surface area contributed by atoms with Gasteiger partial charge in [0, 0.05) is 19.3 Å². The van der Waals surface area contributed by atoms with E-state index in [9.17, 15) is 14.4 Å². The third kappa shape index (κ3) is 3.11. The van der Waals surface area contributed by atoms with Crippen LogP contribution in [0.3, 0.4) is 0 Å². The van der Waals surface area contributed by atoms with E-state index in [0.717, 1.165) is 31.3 Å². The lowest BCUT2D eigenvalue weighted by Gasteiger charge is -2.58. The molecule has 160 valence electrons. The van der Waals surface area contributed by atoms with Crippen molar-refractivity contribution >= 4 is 17.5 Å². The average Bonchev–Trinajstić information content (AvgIpc) is 2.92. The van der Waals surface area contributed by atoms with E-state index in [-0.39, 0.29) is 46.8 Å². The van der Waals surface area contributed by atoms with Crippen molar-refractivity contribution in [3.63, 3.8) is 0 Å². The summed E-state index contributed by atoms with van der Waals surface area (Å²) >= 11 is 0. The number of hydrogen-bond donors (Lipinski definition) is 0. The van der Waals surface area contributed by atoms with Crippen molar-refractivity contribution in [3.05, 3.63) is 11.6 Å². The summed E-state index contributed by atoms with van der Waals surface area (Å²) < 4.78 is 20.3. The quantitative estimate of drug-likeness (QED) is 0.652. The van der Waals surface area contributed by atoms with E-state index in [1.165, 1.54) is 6.92 Å². The van der Waals surface area contributed by atoms with Crippen LogP contribution >= 0.6 is 0 Å². The standard InChI is InChI=1S/C24H33FO4/c1-13-9-18-16-11-20(25)19-10-15(27)5-7-23(19,3)17(16)6-8-24(18,4)22(13)21(28)12-29-14(2)26/h10,13,16-18,20,22H,5-9,11-12H2,1-4H3/t13-,16-,17+,18+,20-,22-,23-,24+/m1/s1. The van der Waals surface area contributed by atoms with Crippen LogP contribution < -0.4 is 0 Å². The first-order chi connectivity index (χ1) is 13.6. The number of Topliss-reactive ketones (excluding diaryl/α,β-unsaturated/α-hetero) is 1. The maximum atomic E-state index is 15.3. The maximum Gasteiger partial charge on any atom is 0.303 e. The minimum absolute atomic E-state index is 0.0128. The molecule has 0 aromatic heterocycles. The van der Waals surface area contributed by atoms with Crippen molar-refractivity contribution in [3.8, 4) is 0 Å². The molecule has 0 saturated heterocycles. The Morgan fingerprint density at radius 3 is 2.62 bits per heavy atom. The summed E-state index contributed by atoms with van der Waals surface area (Å²) in [6, 6.07) is 0. The fraction of sp³-hybridized carbons (Fsp3) is 0.792. The van der Waals surface area contributed by atoms with Crippen LogP contribution in [0.15, 0.2) is 11.6 Å². The topological polar surface area (TPSA) is 60.4 Å². The molecule has 3 saturated carbocycles. The highest BCUT2D eigenvalue weighted by Crippen LogP contribution is 2.68. The molecule has 0 unspecified atom stereocenters. The fourth-order valence-corrected chi connectivity index (χ4v) is 7.87. The molecule has 4 aliphatic rings. The van der Waals surface area contributed by atoms with Crippen LogP contribution in [-0.4, -0.2) is 30.3 Å². The Morgan fingerprint density at radius 1 is 1.21 bits per heavy atom. The van der Waals surface area contributed by atoms with E-state index in [2.05, 4.69) is 20.8 Å². The van der Waals surface area contributed by atoms with Gasteiger partial charge in [0.25, 0.3) is 0 Å². The second-order valence-corrected chi connectivity index (χ2v) is 10.5. The van der Waals surface area contributed by atoms with Crippen LogP contribution in [0.2, 0.25) is 0 Å². The molecule has 0 aromatic rings. The number of alkyl halides is 1. The average molecular weight is 405 g/mol. The molecule has 0 radical (unpaired) electrons. The van der Waals surface area contributed by atoms with Crippen molar-refractivity contribution in [2.75, 3.05) is 6.61 Å². The molecular formula is C24H33FO4. The summed E-state index contributed by atoms with van der Waals surface area (Å²) in [5.41, 5.74) is 0.326. The molecule has 0 bridgehead atoms. The first-order valence-corrected chi connectivity index (χ1v) is 11.1. The van der Waals surface area contributed by atoms with Gasteiger partial charge >= 0.3 is 5.97 Å². The van der Waals surface area contributed by atoms with Gasteiger partial charge in [0.15, 0.2) is 11.6 Å². The molecule has 0 amide bonds. The molecule has 3 fully saturated rings. The normalized spacial score (nSPS) is 46.2. The first kappa shape index (κ1) is 20.7. The van der Waals surface area contributed by atoms with E-state index >= 15 is 4.39 Å². The largest absolute Gasteiger partial charge is 0.458 e. The predicted octanol–water partition coefficient (Wildman–Crippen LogP) is 4.46. The lowest BCUT2D eigenvalue weighted by molar-refractivity contribution is -0.150. The number of esters is 1. The van der Waals surface area contributed by atoms with Gasteiger partial charge in [0.05, 0.1) is 0 Å². The molecule has 29 heavy (non-hydrogen) atoms. The second-order valence-electron chi connectivity index (χ2n) is 10.5. The highest BCUT2D eigenvalue weighted by Gasteiger charge is 2.63.